The van der Waals surface area contributed by atoms with Crippen molar-refractivity contribution in [3.8, 4) is 0 Å². The number of anilines is 1. The van der Waals surface area contributed by atoms with Gasteiger partial charge in [-0.15, -0.1) is 0 Å². The molecule has 4 heteroatoms. The van der Waals surface area contributed by atoms with Crippen molar-refractivity contribution in [2.75, 3.05) is 11.9 Å². The minimum Gasteiger partial charge on any atom is -0.383 e. The number of hydrogen-bond acceptors (Lipinski definition) is 1. The third-order valence-corrected chi connectivity index (χ3v) is 3.26. The molecule has 0 aliphatic heterocycles. The average Bonchev–Trinajstić information content (AvgIpc) is 2.84. The van der Waals surface area contributed by atoms with Crippen LogP contribution in [0.25, 0.3) is 10.9 Å². The number of fused-ring (bicyclic) bond motifs is 1. The first-order valence-electron chi connectivity index (χ1n) is 6.46. The Kier molecular flexibility index (Phi) is 3.37. The van der Waals surface area contributed by atoms with Gasteiger partial charge in [-0.3, -0.25) is 0 Å². The first-order valence-corrected chi connectivity index (χ1v) is 6.46. The summed E-state index contributed by atoms with van der Waals surface area (Å²) in [6.45, 7) is 1.40. The summed E-state index contributed by atoms with van der Waals surface area (Å²) in [5.74, 6) is -0.480. The Morgan fingerprint density at radius 3 is 2.45 bits per heavy atom. The molecule has 0 aliphatic carbocycles. The fraction of sp³-hybridized carbons (Fsp3) is 0.125. The number of halogens is 2. The van der Waals surface area contributed by atoms with Crippen LogP contribution in [-0.4, -0.2) is 11.1 Å². The van der Waals surface area contributed by atoms with Gasteiger partial charge in [-0.2, -0.15) is 0 Å². The van der Waals surface area contributed by atoms with Crippen molar-refractivity contribution in [1.29, 1.82) is 0 Å². The number of nitrogens with one attached hydrogen (secondary N) is 1. The molecule has 1 aromatic heterocycles. The van der Waals surface area contributed by atoms with Crippen LogP contribution >= 0.6 is 0 Å². The molecule has 1 heterocycles. The maximum Gasteiger partial charge on any atom is 0.125 e. The van der Waals surface area contributed by atoms with Crippen molar-refractivity contribution < 1.29 is 8.78 Å². The lowest BCUT2D eigenvalue weighted by Crippen LogP contribution is -2.09. The topological polar surface area (TPSA) is 17.0 Å². The second-order valence-corrected chi connectivity index (χ2v) is 4.65. The lowest BCUT2D eigenvalue weighted by atomic mass is 10.2. The molecule has 0 bridgehead atoms. The van der Waals surface area contributed by atoms with Gasteiger partial charge in [0.15, 0.2) is 0 Å². The van der Waals surface area contributed by atoms with Gasteiger partial charge in [-0.25, -0.2) is 8.78 Å². The van der Waals surface area contributed by atoms with Gasteiger partial charge in [-0.1, -0.05) is 0 Å². The normalized spacial score (nSPS) is 10.9. The molecule has 0 atom stereocenters. The zero-order valence-corrected chi connectivity index (χ0v) is 10.8. The monoisotopic (exact) mass is 272 g/mol. The molecule has 0 saturated heterocycles. The van der Waals surface area contributed by atoms with E-state index in [1.807, 2.05) is 16.8 Å². The predicted octanol–water partition coefficient (Wildman–Crippen LogP) is 4.03. The number of hydrogen-bond donors (Lipinski definition) is 1. The maximum absolute atomic E-state index is 13.3. The summed E-state index contributed by atoms with van der Waals surface area (Å²) < 4.78 is 28.0. The van der Waals surface area contributed by atoms with Crippen LogP contribution in [0.5, 0.6) is 0 Å². The summed E-state index contributed by atoms with van der Waals surface area (Å²) in [4.78, 5) is 0. The Morgan fingerprint density at radius 1 is 0.900 bits per heavy atom. The van der Waals surface area contributed by atoms with Crippen LogP contribution in [0.15, 0.2) is 54.7 Å². The number of benzene rings is 2. The molecule has 0 radical (unpaired) electrons. The predicted molar refractivity (Wildman–Crippen MR) is 76.8 cm³/mol. The van der Waals surface area contributed by atoms with Crippen LogP contribution in [0.4, 0.5) is 14.5 Å². The molecule has 0 aliphatic rings. The molecular weight excluding hydrogens is 258 g/mol. The summed E-state index contributed by atoms with van der Waals surface area (Å²) in [5.41, 5.74) is 1.75. The average molecular weight is 272 g/mol. The largest absolute Gasteiger partial charge is 0.383 e. The van der Waals surface area contributed by atoms with Crippen molar-refractivity contribution in [3.05, 3.63) is 66.4 Å². The third kappa shape index (κ3) is 2.64. The Balaban J connectivity index is 1.68. The van der Waals surface area contributed by atoms with E-state index in [0.717, 1.165) is 16.6 Å². The molecule has 2 aromatic carbocycles. The van der Waals surface area contributed by atoms with Gasteiger partial charge in [0.2, 0.25) is 0 Å². The van der Waals surface area contributed by atoms with Crippen LogP contribution in [0, 0.1) is 11.6 Å². The maximum atomic E-state index is 13.3. The molecule has 3 aromatic rings. The quantitative estimate of drug-likeness (QED) is 0.758. The fourth-order valence-electron chi connectivity index (χ4n) is 2.24. The van der Waals surface area contributed by atoms with Crippen molar-refractivity contribution in [2.24, 2.45) is 0 Å². The molecule has 0 saturated carbocycles. The SMILES string of the molecule is Fc1ccc(NCCn2ccc3ccc(F)cc32)cc1. The van der Waals surface area contributed by atoms with Gasteiger partial charge in [0.25, 0.3) is 0 Å². The molecule has 0 fully saturated rings. The van der Waals surface area contributed by atoms with Crippen LogP contribution < -0.4 is 5.32 Å². The molecule has 0 amide bonds. The van der Waals surface area contributed by atoms with E-state index in [9.17, 15) is 8.78 Å². The van der Waals surface area contributed by atoms with Crippen LogP contribution in [0.3, 0.4) is 0 Å². The van der Waals surface area contributed by atoms with Crippen molar-refractivity contribution in [2.45, 2.75) is 6.54 Å². The Labute approximate surface area is 115 Å². The summed E-state index contributed by atoms with van der Waals surface area (Å²) >= 11 is 0. The lowest BCUT2D eigenvalue weighted by molar-refractivity contribution is 0.628. The van der Waals surface area contributed by atoms with Gasteiger partial charge in [0.05, 0.1) is 5.52 Å². The molecule has 3 rings (SSSR count). The third-order valence-electron chi connectivity index (χ3n) is 3.26. The van der Waals surface area contributed by atoms with E-state index in [-0.39, 0.29) is 11.6 Å². The molecule has 1 N–H and O–H groups in total. The summed E-state index contributed by atoms with van der Waals surface area (Å²) in [7, 11) is 0. The second-order valence-electron chi connectivity index (χ2n) is 4.65. The fourth-order valence-corrected chi connectivity index (χ4v) is 2.24. The number of aromatic nitrogens is 1. The van der Waals surface area contributed by atoms with E-state index in [1.54, 1.807) is 18.2 Å². The van der Waals surface area contributed by atoms with E-state index >= 15 is 0 Å². The Morgan fingerprint density at radius 2 is 1.65 bits per heavy atom. The van der Waals surface area contributed by atoms with E-state index < -0.39 is 0 Å². The van der Waals surface area contributed by atoms with Crippen LogP contribution in [0.2, 0.25) is 0 Å². The van der Waals surface area contributed by atoms with Crippen molar-refractivity contribution in [1.82, 2.24) is 4.57 Å². The van der Waals surface area contributed by atoms with Crippen LogP contribution in [0.1, 0.15) is 0 Å². The number of nitrogens with zero attached hydrogens (tertiary/aromatic N) is 1. The van der Waals surface area contributed by atoms with E-state index in [0.29, 0.717) is 13.1 Å². The van der Waals surface area contributed by atoms with Crippen LogP contribution in [-0.2, 0) is 6.54 Å². The Hall–Kier alpha value is -2.36. The highest BCUT2D eigenvalue weighted by atomic mass is 19.1. The molecule has 0 unspecified atom stereocenters. The zero-order chi connectivity index (χ0) is 13.9. The standard InChI is InChI=1S/C16H14F2N2/c17-13-3-5-15(6-4-13)19-8-10-20-9-7-12-1-2-14(18)11-16(12)20/h1-7,9,11,19H,8,10H2. The minimum atomic E-state index is -0.248. The molecule has 102 valence electrons. The van der Waals surface area contributed by atoms with Crippen molar-refractivity contribution in [3.63, 3.8) is 0 Å². The molecule has 0 spiro atoms. The first kappa shape index (κ1) is 12.7. The number of rotatable bonds is 4. The lowest BCUT2D eigenvalue weighted by Gasteiger charge is -2.08. The Bertz CT molecular complexity index is 717. The highest BCUT2D eigenvalue weighted by molar-refractivity contribution is 5.80. The highest BCUT2D eigenvalue weighted by Crippen LogP contribution is 2.17. The van der Waals surface area contributed by atoms with Gasteiger partial charge >= 0.3 is 0 Å². The zero-order valence-electron chi connectivity index (χ0n) is 10.8. The first-order chi connectivity index (χ1) is 9.72. The van der Waals surface area contributed by atoms with Gasteiger partial charge in [0.1, 0.15) is 11.6 Å². The van der Waals surface area contributed by atoms with E-state index in [4.69, 9.17) is 0 Å². The summed E-state index contributed by atoms with van der Waals surface area (Å²) in [6.07, 6.45) is 1.94. The van der Waals surface area contributed by atoms with Gasteiger partial charge in [0, 0.05) is 25.0 Å². The van der Waals surface area contributed by atoms with Gasteiger partial charge < -0.3 is 9.88 Å². The molecule has 2 nitrogen and oxygen atoms in total. The summed E-state index contributed by atoms with van der Waals surface area (Å²) in [5, 5.41) is 4.23. The summed E-state index contributed by atoms with van der Waals surface area (Å²) in [6, 6.07) is 13.0. The van der Waals surface area contributed by atoms with E-state index in [1.165, 1.54) is 24.3 Å². The highest BCUT2D eigenvalue weighted by Gasteiger charge is 2.02. The minimum absolute atomic E-state index is 0.232. The molecule has 20 heavy (non-hydrogen) atoms. The van der Waals surface area contributed by atoms with E-state index in [2.05, 4.69) is 5.32 Å². The van der Waals surface area contributed by atoms with Crippen molar-refractivity contribution >= 4 is 16.6 Å². The smallest absolute Gasteiger partial charge is 0.125 e. The molecular formula is C16H14F2N2. The second kappa shape index (κ2) is 5.33. The van der Waals surface area contributed by atoms with Gasteiger partial charge in [-0.05, 0) is 53.9 Å².